The zero-order chi connectivity index (χ0) is 21.9. The average Bonchev–Trinajstić information content (AvgIpc) is 2.71. The van der Waals surface area contributed by atoms with E-state index in [4.69, 9.17) is 25.8 Å². The van der Waals surface area contributed by atoms with Gasteiger partial charge >= 0.3 is 0 Å². The van der Waals surface area contributed by atoms with Crippen LogP contribution in [0.25, 0.3) is 0 Å². The van der Waals surface area contributed by atoms with Crippen LogP contribution in [0.2, 0.25) is 5.02 Å². The Balaban J connectivity index is 1.74. The highest BCUT2D eigenvalue weighted by molar-refractivity contribution is 7.92. The van der Waals surface area contributed by atoms with Crippen LogP contribution >= 0.6 is 11.6 Å². The molecule has 3 rings (SSSR count). The maximum atomic E-state index is 12.8. The summed E-state index contributed by atoms with van der Waals surface area (Å²) in [6.07, 6.45) is 0.620. The molecule has 0 aromatic heterocycles. The molecule has 0 radical (unpaired) electrons. The Bertz CT molecular complexity index is 1030. The number of benzene rings is 2. The summed E-state index contributed by atoms with van der Waals surface area (Å²) in [7, 11) is -2.40. The van der Waals surface area contributed by atoms with Gasteiger partial charge in [0.1, 0.15) is 24.5 Å². The summed E-state index contributed by atoms with van der Waals surface area (Å²) in [4.78, 5) is 12.8. The van der Waals surface area contributed by atoms with Crippen LogP contribution < -0.4 is 23.8 Å². The van der Waals surface area contributed by atoms with Gasteiger partial charge in [-0.2, -0.15) is 0 Å². The highest BCUT2D eigenvalue weighted by Crippen LogP contribution is 2.34. The van der Waals surface area contributed by atoms with E-state index in [0.29, 0.717) is 16.5 Å². The minimum absolute atomic E-state index is 0.155. The summed E-state index contributed by atoms with van der Waals surface area (Å²) in [5, 5.41) is 3.05. The monoisotopic (exact) mass is 454 g/mol. The number of anilines is 1. The number of carbonyl (C=O) groups is 1. The summed E-state index contributed by atoms with van der Waals surface area (Å²) in [5.74, 6) is 1.03. The number of fused-ring (bicyclic) bond motifs is 1. The van der Waals surface area contributed by atoms with Crippen molar-refractivity contribution in [3.05, 3.63) is 47.5 Å². The molecular formula is C20H23ClN2O6S. The Morgan fingerprint density at radius 2 is 2.00 bits per heavy atom. The van der Waals surface area contributed by atoms with E-state index in [1.54, 1.807) is 24.3 Å². The van der Waals surface area contributed by atoms with Crippen LogP contribution in [0.3, 0.4) is 0 Å². The second-order valence-electron chi connectivity index (χ2n) is 6.79. The Kier molecular flexibility index (Phi) is 6.62. The number of para-hydroxylation sites is 2. The summed E-state index contributed by atoms with van der Waals surface area (Å²) in [6.45, 7) is 1.91. The van der Waals surface area contributed by atoms with Crippen LogP contribution in [0.4, 0.5) is 5.69 Å². The number of hydrogen-bond donors (Lipinski definition) is 1. The molecule has 1 amide bonds. The summed E-state index contributed by atoms with van der Waals surface area (Å²) in [5.41, 5.74) is 0.182. The van der Waals surface area contributed by atoms with Gasteiger partial charge in [0.2, 0.25) is 15.9 Å². The molecule has 0 aliphatic carbocycles. The van der Waals surface area contributed by atoms with Crippen molar-refractivity contribution in [2.24, 2.45) is 0 Å². The molecule has 30 heavy (non-hydrogen) atoms. The number of sulfonamides is 1. The largest absolute Gasteiger partial charge is 0.495 e. The number of hydrogen-bond acceptors (Lipinski definition) is 6. The van der Waals surface area contributed by atoms with Gasteiger partial charge in [-0.3, -0.25) is 9.10 Å². The molecule has 0 fully saturated rings. The molecule has 1 heterocycles. The van der Waals surface area contributed by atoms with Crippen molar-refractivity contribution >= 4 is 33.2 Å². The highest BCUT2D eigenvalue weighted by atomic mass is 35.5. The zero-order valence-electron chi connectivity index (χ0n) is 16.8. The van der Waals surface area contributed by atoms with Crippen molar-refractivity contribution in [2.75, 3.05) is 30.8 Å². The lowest BCUT2D eigenvalue weighted by atomic mass is 10.2. The van der Waals surface area contributed by atoms with E-state index >= 15 is 0 Å². The van der Waals surface area contributed by atoms with Gasteiger partial charge in [0.05, 0.1) is 25.6 Å². The normalized spacial score (nSPS) is 16.5. The fourth-order valence-electron chi connectivity index (χ4n) is 3.14. The van der Waals surface area contributed by atoms with Gasteiger partial charge in [0, 0.05) is 5.02 Å². The van der Waals surface area contributed by atoms with Crippen LogP contribution in [0, 0.1) is 0 Å². The third-order valence-electron chi connectivity index (χ3n) is 4.54. The fourth-order valence-corrected chi connectivity index (χ4v) is 4.48. The van der Waals surface area contributed by atoms with Crippen molar-refractivity contribution in [2.45, 2.75) is 19.1 Å². The van der Waals surface area contributed by atoms with E-state index in [0.717, 1.165) is 10.6 Å². The fraction of sp³-hybridized carbons (Fsp3) is 0.350. The molecule has 162 valence electrons. The van der Waals surface area contributed by atoms with Crippen molar-refractivity contribution in [1.29, 1.82) is 0 Å². The molecule has 2 aromatic carbocycles. The van der Waals surface area contributed by atoms with E-state index in [-0.39, 0.29) is 24.6 Å². The molecule has 0 spiro atoms. The number of amides is 1. The lowest BCUT2D eigenvalue weighted by Gasteiger charge is -2.30. The Morgan fingerprint density at radius 3 is 2.67 bits per heavy atom. The molecule has 0 saturated heterocycles. The molecule has 1 aliphatic heterocycles. The third-order valence-corrected chi connectivity index (χ3v) is 6.00. The molecule has 8 nitrogen and oxygen atoms in total. The number of carbonyl (C=O) groups excluding carboxylic acids is 1. The predicted octanol–water partition coefficient (Wildman–Crippen LogP) is 2.46. The van der Waals surface area contributed by atoms with Gasteiger partial charge < -0.3 is 19.5 Å². The van der Waals surface area contributed by atoms with Gasteiger partial charge in [-0.25, -0.2) is 8.42 Å². The lowest BCUT2D eigenvalue weighted by molar-refractivity contribution is -0.122. The average molecular weight is 455 g/mol. The quantitative estimate of drug-likeness (QED) is 0.690. The SMILES string of the molecule is COc1ccc(Cl)cc1N([C@@H](C)C(=O)NC[C@@H]1COc2ccccc2O1)S(C)(=O)=O. The maximum Gasteiger partial charge on any atom is 0.243 e. The topological polar surface area (TPSA) is 94.2 Å². The molecule has 0 saturated carbocycles. The first-order valence-corrected chi connectivity index (χ1v) is 11.4. The second kappa shape index (κ2) is 9.01. The van der Waals surface area contributed by atoms with Crippen LogP contribution in [0.1, 0.15) is 6.92 Å². The first-order chi connectivity index (χ1) is 14.2. The number of methoxy groups -OCH3 is 1. The summed E-state index contributed by atoms with van der Waals surface area (Å²) >= 11 is 6.05. The molecule has 2 atom stereocenters. The van der Waals surface area contributed by atoms with E-state index in [1.165, 1.54) is 20.1 Å². The number of ether oxygens (including phenoxy) is 3. The van der Waals surface area contributed by atoms with Gasteiger partial charge in [-0.1, -0.05) is 23.7 Å². The molecule has 2 aromatic rings. The molecule has 0 bridgehead atoms. The van der Waals surface area contributed by atoms with Crippen molar-refractivity contribution in [3.8, 4) is 17.2 Å². The molecule has 1 aliphatic rings. The van der Waals surface area contributed by atoms with E-state index in [1.807, 2.05) is 12.1 Å². The van der Waals surface area contributed by atoms with E-state index in [2.05, 4.69) is 5.32 Å². The van der Waals surface area contributed by atoms with Crippen molar-refractivity contribution in [3.63, 3.8) is 0 Å². The minimum Gasteiger partial charge on any atom is -0.495 e. The summed E-state index contributed by atoms with van der Waals surface area (Å²) in [6, 6.07) is 10.8. The van der Waals surface area contributed by atoms with E-state index < -0.39 is 28.1 Å². The minimum atomic E-state index is -3.82. The lowest BCUT2D eigenvalue weighted by Crippen LogP contribution is -2.50. The third kappa shape index (κ3) is 4.91. The first-order valence-electron chi connectivity index (χ1n) is 9.20. The smallest absolute Gasteiger partial charge is 0.243 e. The second-order valence-corrected chi connectivity index (χ2v) is 9.09. The number of nitrogens with zero attached hydrogens (tertiary/aromatic N) is 1. The van der Waals surface area contributed by atoms with Gasteiger partial charge in [0.25, 0.3) is 0 Å². The Hall–Kier alpha value is -2.65. The number of nitrogens with one attached hydrogen (secondary N) is 1. The molecular weight excluding hydrogens is 432 g/mol. The molecule has 10 heteroatoms. The van der Waals surface area contributed by atoms with Crippen LogP contribution in [0.15, 0.2) is 42.5 Å². The first kappa shape index (κ1) is 22.0. The molecule has 0 unspecified atom stereocenters. The maximum absolute atomic E-state index is 12.8. The van der Waals surface area contributed by atoms with E-state index in [9.17, 15) is 13.2 Å². The number of rotatable bonds is 7. The Labute approximate surface area is 180 Å². The van der Waals surface area contributed by atoms with Gasteiger partial charge in [0.15, 0.2) is 11.5 Å². The molecule has 1 N–H and O–H groups in total. The zero-order valence-corrected chi connectivity index (χ0v) is 18.4. The van der Waals surface area contributed by atoms with Crippen LogP contribution in [-0.2, 0) is 14.8 Å². The van der Waals surface area contributed by atoms with Crippen molar-refractivity contribution in [1.82, 2.24) is 5.32 Å². The van der Waals surface area contributed by atoms with Crippen LogP contribution in [0.5, 0.6) is 17.2 Å². The van der Waals surface area contributed by atoms with Crippen molar-refractivity contribution < 1.29 is 27.4 Å². The highest BCUT2D eigenvalue weighted by Gasteiger charge is 2.32. The summed E-state index contributed by atoms with van der Waals surface area (Å²) < 4.78 is 42.7. The van der Waals surface area contributed by atoms with Crippen LogP contribution in [-0.4, -0.2) is 53.0 Å². The van der Waals surface area contributed by atoms with Gasteiger partial charge in [-0.15, -0.1) is 0 Å². The predicted molar refractivity (Wildman–Crippen MR) is 114 cm³/mol. The number of halogens is 1. The standard InChI is InChI=1S/C20H23ClN2O6S/c1-13(23(30(3,25)26)16-10-14(21)8-9-17(16)27-2)20(24)22-11-15-12-28-18-6-4-5-7-19(18)29-15/h4-10,13,15H,11-12H2,1-3H3,(H,22,24)/t13-,15+/m0/s1. The van der Waals surface area contributed by atoms with Gasteiger partial charge in [-0.05, 0) is 37.3 Å². The Morgan fingerprint density at radius 1 is 1.30 bits per heavy atom.